The fourth-order valence-electron chi connectivity index (χ4n) is 8.52. The average molecular weight is 427 g/mol. The quantitative estimate of drug-likeness (QED) is 0.633. The summed E-state index contributed by atoms with van der Waals surface area (Å²) < 4.78 is 7.36. The van der Waals surface area contributed by atoms with E-state index in [1.807, 2.05) is 12.4 Å². The van der Waals surface area contributed by atoms with Gasteiger partial charge in [-0.3, -0.25) is 4.98 Å². The standard InChI is InChI=1S/C29H34N2O/c1-27-11-9-23-16-22-5-6-24(30-2)17-28(22)12-13-29(23,32-28)26(27)8-7-25(27)20-4-3-19-10-14-31-18-21(19)15-20/h3-4,9-10,14-16,18,24-26,30H,5-8,11-13,17H2,1-2H3/t24-,25?,26+,27+,28+,29+/m0/s1. The summed E-state index contributed by atoms with van der Waals surface area (Å²) in [4.78, 5) is 4.37. The van der Waals surface area contributed by atoms with Gasteiger partial charge < -0.3 is 10.1 Å². The van der Waals surface area contributed by atoms with Crippen molar-refractivity contribution in [1.82, 2.24) is 10.3 Å². The monoisotopic (exact) mass is 426 g/mol. The lowest BCUT2D eigenvalue weighted by molar-refractivity contribution is -0.136. The topological polar surface area (TPSA) is 34.2 Å². The molecule has 2 aliphatic heterocycles. The maximum absolute atomic E-state index is 7.36. The van der Waals surface area contributed by atoms with Crippen LogP contribution < -0.4 is 5.32 Å². The summed E-state index contributed by atoms with van der Waals surface area (Å²) in [5.41, 5.74) is 4.80. The molecule has 3 nitrogen and oxygen atoms in total. The highest BCUT2D eigenvalue weighted by molar-refractivity contribution is 5.82. The number of rotatable bonds is 2. The predicted octanol–water partition coefficient (Wildman–Crippen LogP) is 6.06. The maximum atomic E-state index is 7.36. The van der Waals surface area contributed by atoms with Gasteiger partial charge in [-0.15, -0.1) is 0 Å². The van der Waals surface area contributed by atoms with Gasteiger partial charge in [0.1, 0.15) is 0 Å². The number of nitrogens with one attached hydrogen (secondary N) is 1. The van der Waals surface area contributed by atoms with E-state index in [1.165, 1.54) is 66.9 Å². The summed E-state index contributed by atoms with van der Waals surface area (Å²) in [6.07, 6.45) is 18.8. The smallest absolute Gasteiger partial charge is 0.0974 e. The second kappa shape index (κ2) is 6.55. The third-order valence-electron chi connectivity index (χ3n) is 10.2. The minimum absolute atomic E-state index is 0.00573. The third kappa shape index (κ3) is 2.42. The van der Waals surface area contributed by atoms with Gasteiger partial charge in [-0.1, -0.05) is 31.2 Å². The van der Waals surface area contributed by atoms with Gasteiger partial charge in [0, 0.05) is 23.8 Å². The molecule has 1 aromatic heterocycles. The Labute approximate surface area is 191 Å². The van der Waals surface area contributed by atoms with E-state index >= 15 is 0 Å². The molecule has 2 saturated carbocycles. The first-order valence-electron chi connectivity index (χ1n) is 12.7. The van der Waals surface area contributed by atoms with Crippen molar-refractivity contribution in [3.63, 3.8) is 0 Å². The number of ether oxygens (including phenoxy) is 1. The van der Waals surface area contributed by atoms with Gasteiger partial charge in [0.25, 0.3) is 0 Å². The Kier molecular flexibility index (Phi) is 3.99. The van der Waals surface area contributed by atoms with Crippen LogP contribution in [-0.4, -0.2) is 29.3 Å². The lowest BCUT2D eigenvalue weighted by Crippen LogP contribution is -2.54. The largest absolute Gasteiger partial charge is 0.359 e. The fourth-order valence-corrected chi connectivity index (χ4v) is 8.52. The van der Waals surface area contributed by atoms with Crippen molar-refractivity contribution in [3.05, 3.63) is 65.5 Å². The number of nitrogens with zero attached hydrogens (tertiary/aromatic N) is 1. The van der Waals surface area contributed by atoms with E-state index in [0.29, 0.717) is 17.9 Å². The van der Waals surface area contributed by atoms with Crippen molar-refractivity contribution in [2.45, 2.75) is 81.5 Å². The lowest BCUT2D eigenvalue weighted by Gasteiger charge is -2.54. The Bertz CT molecular complexity index is 1170. The van der Waals surface area contributed by atoms with Crippen LogP contribution in [-0.2, 0) is 4.74 Å². The van der Waals surface area contributed by atoms with Crippen LogP contribution in [0.1, 0.15) is 69.8 Å². The Balaban J connectivity index is 1.29. The summed E-state index contributed by atoms with van der Waals surface area (Å²) in [5.74, 6) is 1.20. The Morgan fingerprint density at radius 2 is 2.03 bits per heavy atom. The number of hydrogen-bond acceptors (Lipinski definition) is 3. The summed E-state index contributed by atoms with van der Waals surface area (Å²) in [6.45, 7) is 2.57. The zero-order valence-corrected chi connectivity index (χ0v) is 19.4. The molecule has 1 aromatic carbocycles. The van der Waals surface area contributed by atoms with Gasteiger partial charge >= 0.3 is 0 Å². The Hall–Kier alpha value is -1.97. The molecule has 6 atom stereocenters. The van der Waals surface area contributed by atoms with Crippen molar-refractivity contribution in [2.24, 2.45) is 11.3 Å². The molecule has 32 heavy (non-hydrogen) atoms. The first kappa shape index (κ1) is 19.5. The van der Waals surface area contributed by atoms with Crippen molar-refractivity contribution in [3.8, 4) is 0 Å². The van der Waals surface area contributed by atoms with E-state index in [-0.39, 0.29) is 16.6 Å². The molecular weight excluding hydrogens is 392 g/mol. The predicted molar refractivity (Wildman–Crippen MR) is 129 cm³/mol. The number of hydrogen-bond donors (Lipinski definition) is 1. The molecule has 0 radical (unpaired) electrons. The Morgan fingerprint density at radius 3 is 2.94 bits per heavy atom. The van der Waals surface area contributed by atoms with E-state index in [2.05, 4.69) is 60.7 Å². The fraction of sp³-hybridized carbons (Fsp3) is 0.552. The molecule has 0 amide bonds. The van der Waals surface area contributed by atoms with Crippen molar-refractivity contribution < 1.29 is 4.74 Å². The van der Waals surface area contributed by atoms with Crippen LogP contribution in [0.25, 0.3) is 10.8 Å². The molecule has 7 rings (SSSR count). The first-order chi connectivity index (χ1) is 15.6. The van der Waals surface area contributed by atoms with Gasteiger partial charge in [-0.25, -0.2) is 0 Å². The molecule has 2 spiro atoms. The molecule has 3 fully saturated rings. The number of benzene rings is 1. The normalized spacial score (nSPS) is 42.1. The van der Waals surface area contributed by atoms with Crippen LogP contribution in [0.2, 0.25) is 0 Å². The van der Waals surface area contributed by atoms with Crippen molar-refractivity contribution in [2.75, 3.05) is 7.05 Å². The SMILES string of the molecule is CN[C@H]1CCC2=CC3=CC[C@]4(C)C(c5ccc6ccncc6c5)CC[C@H]4[C@@]34CC[C@]2(C1)O4. The number of fused-ring (bicyclic) bond motifs is 2. The van der Waals surface area contributed by atoms with Crippen molar-refractivity contribution in [1.29, 1.82) is 0 Å². The number of allylic oxidation sites excluding steroid dienone is 1. The second-order valence-electron chi connectivity index (χ2n) is 11.4. The summed E-state index contributed by atoms with van der Waals surface area (Å²) in [5, 5.41) is 6.11. The molecule has 5 aliphatic rings. The number of pyridine rings is 1. The van der Waals surface area contributed by atoms with Gasteiger partial charge in [0.2, 0.25) is 0 Å². The van der Waals surface area contributed by atoms with E-state index in [1.54, 1.807) is 5.57 Å². The molecule has 2 aromatic rings. The molecule has 1 unspecified atom stereocenters. The third-order valence-corrected chi connectivity index (χ3v) is 10.2. The highest BCUT2D eigenvalue weighted by atomic mass is 16.5. The molecule has 2 bridgehead atoms. The molecular formula is C29H34N2O. The lowest BCUT2D eigenvalue weighted by atomic mass is 9.58. The summed E-state index contributed by atoms with van der Waals surface area (Å²) >= 11 is 0. The maximum Gasteiger partial charge on any atom is 0.0974 e. The van der Waals surface area contributed by atoms with Crippen LogP contribution in [0.3, 0.4) is 0 Å². The zero-order valence-electron chi connectivity index (χ0n) is 19.4. The summed E-state index contributed by atoms with van der Waals surface area (Å²) in [7, 11) is 2.12. The molecule has 3 heteroatoms. The zero-order chi connectivity index (χ0) is 21.6. The highest BCUT2D eigenvalue weighted by Gasteiger charge is 2.66. The number of aromatic nitrogens is 1. The minimum atomic E-state index is -0.0563. The van der Waals surface area contributed by atoms with Crippen LogP contribution in [0.4, 0.5) is 0 Å². The molecule has 1 saturated heterocycles. The van der Waals surface area contributed by atoms with Gasteiger partial charge in [0.05, 0.1) is 11.2 Å². The van der Waals surface area contributed by atoms with E-state index in [0.717, 1.165) is 6.42 Å². The van der Waals surface area contributed by atoms with Crippen LogP contribution >= 0.6 is 0 Å². The van der Waals surface area contributed by atoms with E-state index < -0.39 is 0 Å². The van der Waals surface area contributed by atoms with Crippen LogP contribution in [0.15, 0.2) is 60.0 Å². The van der Waals surface area contributed by atoms with Gasteiger partial charge in [-0.05, 0) is 110 Å². The second-order valence-corrected chi connectivity index (χ2v) is 11.4. The minimum Gasteiger partial charge on any atom is -0.359 e. The van der Waals surface area contributed by atoms with E-state index in [9.17, 15) is 0 Å². The average Bonchev–Trinajstić information content (AvgIpc) is 3.33. The molecule has 3 heterocycles. The summed E-state index contributed by atoms with van der Waals surface area (Å²) in [6, 6.07) is 9.79. The van der Waals surface area contributed by atoms with Crippen LogP contribution in [0.5, 0.6) is 0 Å². The Morgan fingerprint density at radius 1 is 1.09 bits per heavy atom. The molecule has 166 valence electrons. The first-order valence-corrected chi connectivity index (χ1v) is 12.7. The van der Waals surface area contributed by atoms with Crippen molar-refractivity contribution >= 4 is 10.8 Å². The highest BCUT2D eigenvalue weighted by Crippen LogP contribution is 2.69. The van der Waals surface area contributed by atoms with E-state index in [4.69, 9.17) is 4.74 Å². The van der Waals surface area contributed by atoms with Crippen LogP contribution in [0, 0.1) is 11.3 Å². The van der Waals surface area contributed by atoms with Gasteiger partial charge in [0.15, 0.2) is 0 Å². The van der Waals surface area contributed by atoms with Gasteiger partial charge in [-0.2, -0.15) is 0 Å². The molecule has 3 aliphatic carbocycles. The molecule has 1 N–H and O–H groups in total.